The molecule has 7 heteroatoms. The van der Waals surface area contributed by atoms with E-state index in [-0.39, 0.29) is 11.6 Å². The molecule has 1 amide bonds. The molecule has 0 aliphatic rings. The Labute approximate surface area is 156 Å². The summed E-state index contributed by atoms with van der Waals surface area (Å²) in [5.41, 5.74) is 22.0. The Hall–Kier alpha value is -3.87. The van der Waals surface area contributed by atoms with Crippen LogP contribution in [0, 0.1) is 12.3 Å². The van der Waals surface area contributed by atoms with E-state index in [0.717, 1.165) is 0 Å². The van der Waals surface area contributed by atoms with Gasteiger partial charge in [0.05, 0.1) is 17.1 Å². The molecule has 0 fully saturated rings. The number of anilines is 4. The second-order valence-electron chi connectivity index (χ2n) is 6.11. The van der Waals surface area contributed by atoms with Gasteiger partial charge in [-0.2, -0.15) is 0 Å². The maximum atomic E-state index is 12.6. The van der Waals surface area contributed by atoms with Crippen molar-refractivity contribution in [3.8, 4) is 0 Å². The number of nitrogens with zero attached hydrogens (tertiary/aromatic N) is 1. The van der Waals surface area contributed by atoms with Crippen LogP contribution in [0.2, 0.25) is 0 Å². The van der Waals surface area contributed by atoms with Gasteiger partial charge in [0, 0.05) is 40.5 Å². The highest BCUT2D eigenvalue weighted by Gasteiger charge is 2.15. The zero-order chi connectivity index (χ0) is 19.6. The summed E-state index contributed by atoms with van der Waals surface area (Å²) in [7, 11) is 0. The molecule has 0 aliphatic carbocycles. The van der Waals surface area contributed by atoms with E-state index < -0.39 is 0 Å². The third-order valence-electron chi connectivity index (χ3n) is 4.34. The molecule has 0 radical (unpaired) electrons. The summed E-state index contributed by atoms with van der Waals surface area (Å²) in [4.78, 5) is 16.6. The number of carbonyl (C=O) groups is 1. The van der Waals surface area contributed by atoms with Gasteiger partial charge in [-0.15, -0.1) is 0 Å². The second kappa shape index (κ2) is 7.17. The van der Waals surface area contributed by atoms with E-state index in [1.54, 1.807) is 61.8 Å². The summed E-state index contributed by atoms with van der Waals surface area (Å²) >= 11 is 0. The number of amides is 1. The number of aromatic nitrogens is 1. The lowest BCUT2D eigenvalue weighted by Gasteiger charge is -2.13. The second-order valence-corrected chi connectivity index (χ2v) is 6.11. The summed E-state index contributed by atoms with van der Waals surface area (Å²) in [6.07, 6.45) is 3.22. The SMILES string of the molecule is Cc1c(C(=O)Nc2ccc(N)c(C(=N)c3ccncc3)c2)ccc(N)c1N. The van der Waals surface area contributed by atoms with Gasteiger partial charge in [-0.3, -0.25) is 15.2 Å². The van der Waals surface area contributed by atoms with E-state index >= 15 is 0 Å². The van der Waals surface area contributed by atoms with Crippen molar-refractivity contribution in [2.24, 2.45) is 0 Å². The van der Waals surface area contributed by atoms with E-state index in [1.807, 2.05) is 0 Å². The van der Waals surface area contributed by atoms with Crippen LogP contribution < -0.4 is 22.5 Å². The molecule has 2 aromatic carbocycles. The predicted molar refractivity (Wildman–Crippen MR) is 109 cm³/mol. The van der Waals surface area contributed by atoms with E-state index in [0.29, 0.717) is 45.0 Å². The fourth-order valence-corrected chi connectivity index (χ4v) is 2.72. The normalized spacial score (nSPS) is 10.4. The van der Waals surface area contributed by atoms with Crippen molar-refractivity contribution < 1.29 is 4.79 Å². The van der Waals surface area contributed by atoms with Gasteiger partial charge >= 0.3 is 0 Å². The molecule has 3 rings (SSSR count). The molecule has 0 saturated heterocycles. The number of nitrogens with one attached hydrogen (secondary N) is 2. The molecule has 0 saturated carbocycles. The Morgan fingerprint density at radius 2 is 1.63 bits per heavy atom. The van der Waals surface area contributed by atoms with Crippen LogP contribution in [0.15, 0.2) is 54.9 Å². The lowest BCUT2D eigenvalue weighted by molar-refractivity contribution is 0.102. The zero-order valence-electron chi connectivity index (χ0n) is 14.8. The minimum Gasteiger partial charge on any atom is -0.398 e. The average molecular weight is 360 g/mol. The predicted octanol–water partition coefficient (Wildman–Crippen LogP) is 2.81. The number of pyridine rings is 1. The number of nitrogens with two attached hydrogens (primary N) is 3. The van der Waals surface area contributed by atoms with Crippen LogP contribution in [0.4, 0.5) is 22.7 Å². The molecule has 7 nitrogen and oxygen atoms in total. The van der Waals surface area contributed by atoms with Crippen molar-refractivity contribution in [3.05, 3.63) is 77.1 Å². The number of hydrogen-bond acceptors (Lipinski definition) is 6. The van der Waals surface area contributed by atoms with Crippen LogP contribution in [0.3, 0.4) is 0 Å². The highest BCUT2D eigenvalue weighted by molar-refractivity contribution is 6.15. The van der Waals surface area contributed by atoms with Gasteiger partial charge in [0.1, 0.15) is 0 Å². The topological polar surface area (TPSA) is 144 Å². The highest BCUT2D eigenvalue weighted by Crippen LogP contribution is 2.25. The lowest BCUT2D eigenvalue weighted by Crippen LogP contribution is -2.15. The first-order chi connectivity index (χ1) is 12.9. The molecule has 136 valence electrons. The standard InChI is InChI=1S/C20H20N6O/c1-11-14(3-5-17(22)18(11)23)20(27)26-13-2-4-16(21)15(10-13)19(24)12-6-8-25-9-7-12/h2-10,24H,21-23H2,1H3,(H,26,27). The number of hydrogen-bond donors (Lipinski definition) is 5. The summed E-state index contributed by atoms with van der Waals surface area (Å²) in [5, 5.41) is 11.2. The van der Waals surface area contributed by atoms with Crippen LogP contribution in [-0.2, 0) is 0 Å². The summed E-state index contributed by atoms with van der Waals surface area (Å²) in [6.45, 7) is 1.74. The van der Waals surface area contributed by atoms with Gasteiger partial charge < -0.3 is 22.5 Å². The molecule has 0 unspecified atom stereocenters. The Balaban J connectivity index is 1.90. The first-order valence-electron chi connectivity index (χ1n) is 8.23. The summed E-state index contributed by atoms with van der Waals surface area (Å²) in [6, 6.07) is 11.7. The molecular formula is C20H20N6O. The maximum Gasteiger partial charge on any atom is 0.256 e. The Morgan fingerprint density at radius 3 is 2.33 bits per heavy atom. The first kappa shape index (κ1) is 17.9. The highest BCUT2D eigenvalue weighted by atomic mass is 16.1. The van der Waals surface area contributed by atoms with Crippen molar-refractivity contribution in [2.45, 2.75) is 6.92 Å². The number of rotatable bonds is 4. The van der Waals surface area contributed by atoms with Crippen LogP contribution >= 0.6 is 0 Å². The van der Waals surface area contributed by atoms with E-state index in [2.05, 4.69) is 10.3 Å². The van der Waals surface area contributed by atoms with Crippen molar-refractivity contribution in [1.82, 2.24) is 4.98 Å². The quantitative estimate of drug-likeness (QED) is 0.359. The molecule has 0 aliphatic heterocycles. The van der Waals surface area contributed by atoms with Crippen molar-refractivity contribution in [1.29, 1.82) is 5.41 Å². The largest absolute Gasteiger partial charge is 0.398 e. The molecule has 1 heterocycles. The number of benzene rings is 2. The van der Waals surface area contributed by atoms with Gasteiger partial charge in [-0.05, 0) is 55.0 Å². The van der Waals surface area contributed by atoms with Gasteiger partial charge in [0.15, 0.2) is 0 Å². The number of nitrogen functional groups attached to an aromatic ring is 3. The average Bonchev–Trinajstić information content (AvgIpc) is 2.67. The molecule has 0 bridgehead atoms. The first-order valence-corrected chi connectivity index (χ1v) is 8.23. The third kappa shape index (κ3) is 3.57. The maximum absolute atomic E-state index is 12.6. The molecule has 8 N–H and O–H groups in total. The molecule has 27 heavy (non-hydrogen) atoms. The van der Waals surface area contributed by atoms with Crippen LogP contribution in [-0.4, -0.2) is 16.6 Å². The lowest BCUT2D eigenvalue weighted by atomic mass is 10.0. The van der Waals surface area contributed by atoms with Crippen LogP contribution in [0.25, 0.3) is 0 Å². The third-order valence-corrected chi connectivity index (χ3v) is 4.34. The van der Waals surface area contributed by atoms with Gasteiger partial charge in [-0.25, -0.2) is 0 Å². The van der Waals surface area contributed by atoms with Crippen LogP contribution in [0.5, 0.6) is 0 Å². The molecular weight excluding hydrogens is 340 g/mol. The Bertz CT molecular complexity index is 1030. The summed E-state index contributed by atoms with van der Waals surface area (Å²) in [5.74, 6) is -0.314. The Kier molecular flexibility index (Phi) is 4.76. The van der Waals surface area contributed by atoms with Gasteiger partial charge in [0.25, 0.3) is 5.91 Å². The number of carbonyl (C=O) groups excluding carboxylic acids is 1. The van der Waals surface area contributed by atoms with E-state index in [1.165, 1.54) is 0 Å². The van der Waals surface area contributed by atoms with Crippen LogP contribution in [0.1, 0.15) is 27.0 Å². The van der Waals surface area contributed by atoms with Gasteiger partial charge in [0.2, 0.25) is 0 Å². The smallest absolute Gasteiger partial charge is 0.256 e. The molecule has 1 aromatic heterocycles. The van der Waals surface area contributed by atoms with Crippen molar-refractivity contribution in [3.63, 3.8) is 0 Å². The van der Waals surface area contributed by atoms with E-state index in [4.69, 9.17) is 22.6 Å². The summed E-state index contributed by atoms with van der Waals surface area (Å²) < 4.78 is 0. The molecule has 3 aromatic rings. The minimum absolute atomic E-state index is 0.249. The van der Waals surface area contributed by atoms with Crippen molar-refractivity contribution in [2.75, 3.05) is 22.5 Å². The Morgan fingerprint density at radius 1 is 0.963 bits per heavy atom. The minimum atomic E-state index is -0.314. The molecule has 0 spiro atoms. The molecule has 0 atom stereocenters. The van der Waals surface area contributed by atoms with E-state index in [9.17, 15) is 4.79 Å². The zero-order valence-corrected chi connectivity index (χ0v) is 14.8. The fraction of sp³-hybridized carbons (Fsp3) is 0.0500. The monoisotopic (exact) mass is 360 g/mol. The fourth-order valence-electron chi connectivity index (χ4n) is 2.72. The van der Waals surface area contributed by atoms with Gasteiger partial charge in [-0.1, -0.05) is 0 Å². The van der Waals surface area contributed by atoms with Crippen molar-refractivity contribution >= 4 is 34.4 Å².